The second-order valence-electron chi connectivity index (χ2n) is 14.6. The molecule has 70 heavy (non-hydrogen) atoms. The van der Waals surface area contributed by atoms with Crippen LogP contribution in [0.15, 0.2) is 237 Å². The van der Waals surface area contributed by atoms with Crippen molar-refractivity contribution in [3.05, 3.63) is 248 Å². The molecule has 0 aliphatic rings. The third kappa shape index (κ3) is 17.6. The quantitative estimate of drug-likeness (QED) is 0.220. The fourth-order valence-corrected chi connectivity index (χ4v) is 6.88. The van der Waals surface area contributed by atoms with E-state index in [9.17, 15) is 0 Å². The van der Waals surface area contributed by atoms with Crippen molar-refractivity contribution < 1.29 is 18.9 Å². The molecule has 0 amide bonds. The number of methoxy groups -OCH3 is 4. The van der Waals surface area contributed by atoms with Crippen molar-refractivity contribution in [2.45, 2.75) is 13.8 Å². The van der Waals surface area contributed by atoms with Crippen molar-refractivity contribution in [3.8, 4) is 23.0 Å². The predicted molar refractivity (Wildman–Crippen MR) is 322 cm³/mol. The summed E-state index contributed by atoms with van der Waals surface area (Å²) in [4.78, 5) is 0. The van der Waals surface area contributed by atoms with Crippen LogP contribution in [0.5, 0.6) is 23.0 Å². The largest absolute Gasteiger partial charge is 0.500 e. The summed E-state index contributed by atoms with van der Waals surface area (Å²) in [5, 5.41) is 0. The average Bonchev–Trinajstić information content (AvgIpc) is 3.41. The summed E-state index contributed by atoms with van der Waals surface area (Å²) < 4.78 is 20.1. The van der Waals surface area contributed by atoms with Gasteiger partial charge in [-0.2, -0.15) is 27.3 Å². The first-order valence-corrected chi connectivity index (χ1v) is 21.6. The molecule has 9 aromatic rings. The number of benzene rings is 9. The van der Waals surface area contributed by atoms with Gasteiger partial charge in [0.05, 0.1) is 34.2 Å². The maximum Gasteiger partial charge on any atom is 0.119 e. The molecule has 10 heteroatoms. The van der Waals surface area contributed by atoms with E-state index in [2.05, 4.69) is 189 Å². The van der Waals surface area contributed by atoms with E-state index in [1.807, 2.05) is 61.5 Å². The van der Waals surface area contributed by atoms with Gasteiger partial charge < -0.3 is 18.9 Å². The summed E-state index contributed by atoms with van der Waals surface area (Å²) >= 11 is 0. The minimum absolute atomic E-state index is 0.287. The van der Waals surface area contributed by atoms with Crippen LogP contribution < -0.4 is 68.1 Å². The Kier molecular flexibility index (Phi) is 23.8. The van der Waals surface area contributed by atoms with E-state index < -0.39 is 6.15 Å². The topological polar surface area (TPSA) is 36.9 Å². The molecular formula is C60H69B6O4-5. The minimum Gasteiger partial charge on any atom is -0.500 e. The summed E-state index contributed by atoms with van der Waals surface area (Å²) in [6.45, 7) is 4.08. The van der Waals surface area contributed by atoms with Gasteiger partial charge in [-0.05, 0) is 81.6 Å². The van der Waals surface area contributed by atoms with E-state index >= 15 is 0 Å². The van der Waals surface area contributed by atoms with Gasteiger partial charge in [-0.3, -0.25) is 0 Å². The molecule has 4 nitrogen and oxygen atoms in total. The summed E-state index contributed by atoms with van der Waals surface area (Å²) in [5.74, 6) is 3.87. The molecule has 0 unspecified atom stereocenters. The van der Waals surface area contributed by atoms with Gasteiger partial charge in [-0.1, -0.05) is 217 Å². The average molecular weight is 919 g/mol. The number of hydrogen-bond donors (Lipinski definition) is 0. The number of hydrogen-bond acceptors (Lipinski definition) is 4. The Balaban J connectivity index is 0.000000199. The van der Waals surface area contributed by atoms with Crippen LogP contribution in [-0.2, 0) is 0 Å². The second-order valence-corrected chi connectivity index (χ2v) is 14.6. The normalized spacial score (nSPS) is 9.91. The number of rotatable bonds is 8. The smallest absolute Gasteiger partial charge is 0.119 e. The van der Waals surface area contributed by atoms with Gasteiger partial charge in [-0.15, -0.1) is 0 Å². The minimum atomic E-state index is -1.22. The first kappa shape index (κ1) is 55.2. The van der Waals surface area contributed by atoms with Crippen molar-refractivity contribution >= 4 is 94.5 Å². The SMILES string of the molecule is [BH3-]c1ccc(C)cc1.[BH3-]c1ccc(OC)cc1.[BH3-]c1cccc(OC)c1.[BH3-]c1ccccc1OC.[B]c1ccc(OC)cc1C.c1ccc([B-](c2ccccc2)(c2ccccc2)c2ccccc2)cc1. The van der Waals surface area contributed by atoms with Gasteiger partial charge in [0.25, 0.3) is 0 Å². The third-order valence-corrected chi connectivity index (χ3v) is 10.3. The third-order valence-electron chi connectivity index (χ3n) is 10.3. The lowest BCUT2D eigenvalue weighted by atomic mass is 9.13. The summed E-state index contributed by atoms with van der Waals surface area (Å²) in [7, 11) is 13.8. The lowest BCUT2D eigenvalue weighted by Crippen LogP contribution is -2.74. The molecule has 0 aromatic heterocycles. The van der Waals surface area contributed by atoms with Crippen LogP contribution in [0.3, 0.4) is 0 Å². The van der Waals surface area contributed by atoms with E-state index in [1.165, 1.54) is 43.8 Å². The Morgan fingerprint density at radius 2 is 0.729 bits per heavy atom. The van der Waals surface area contributed by atoms with Crippen molar-refractivity contribution in [1.82, 2.24) is 0 Å². The van der Waals surface area contributed by atoms with E-state index in [0.29, 0.717) is 23.5 Å². The summed E-state index contributed by atoms with van der Waals surface area (Å²) in [6.07, 6.45) is -1.22. The molecule has 0 heterocycles. The van der Waals surface area contributed by atoms with Crippen molar-refractivity contribution in [3.63, 3.8) is 0 Å². The zero-order valence-corrected chi connectivity index (χ0v) is 38.8. The van der Waals surface area contributed by atoms with Crippen LogP contribution in [-0.4, -0.2) is 73.8 Å². The van der Waals surface area contributed by atoms with Gasteiger partial charge in [0.15, 0.2) is 0 Å². The lowest BCUT2D eigenvalue weighted by molar-refractivity contribution is 0.414. The maximum atomic E-state index is 5.59. The van der Waals surface area contributed by atoms with Gasteiger partial charge >= 0.3 is 0 Å². The van der Waals surface area contributed by atoms with Crippen molar-refractivity contribution in [1.29, 1.82) is 0 Å². The Hall–Kier alpha value is -7.43. The van der Waals surface area contributed by atoms with Crippen LogP contribution in [0.2, 0.25) is 0 Å². The van der Waals surface area contributed by atoms with E-state index in [4.69, 9.17) is 26.8 Å². The fourth-order valence-electron chi connectivity index (χ4n) is 6.88. The molecule has 0 saturated carbocycles. The second kappa shape index (κ2) is 30.1. The lowest BCUT2D eigenvalue weighted by Gasteiger charge is -2.44. The molecule has 0 fully saturated rings. The van der Waals surface area contributed by atoms with Gasteiger partial charge in [-0.25, -0.2) is 16.4 Å². The predicted octanol–water partition coefficient (Wildman–Crippen LogP) is 2.90. The molecule has 0 N–H and O–H groups in total. The van der Waals surface area contributed by atoms with Crippen molar-refractivity contribution in [2.24, 2.45) is 0 Å². The molecule has 0 atom stereocenters. The van der Waals surface area contributed by atoms with Gasteiger partial charge in [0.1, 0.15) is 31.2 Å². The number of ether oxygens (including phenoxy) is 4. The molecule has 0 aliphatic carbocycles. The first-order chi connectivity index (χ1) is 33.9. The molecule has 0 saturated heterocycles. The van der Waals surface area contributed by atoms with Crippen molar-refractivity contribution in [2.75, 3.05) is 28.4 Å². The first-order valence-electron chi connectivity index (χ1n) is 21.6. The Bertz CT molecular complexity index is 2630. The maximum absolute atomic E-state index is 5.59. The molecule has 0 spiro atoms. The van der Waals surface area contributed by atoms with E-state index in [-0.39, 0.29) is 7.85 Å². The van der Waals surface area contributed by atoms with Crippen LogP contribution in [0.4, 0.5) is 0 Å². The molecule has 0 bridgehead atoms. The van der Waals surface area contributed by atoms with Gasteiger partial charge in [0.2, 0.25) is 0 Å². The van der Waals surface area contributed by atoms with Crippen LogP contribution >= 0.6 is 0 Å². The highest BCUT2D eigenvalue weighted by Gasteiger charge is 2.31. The highest BCUT2D eigenvalue weighted by Crippen LogP contribution is 2.11. The number of aryl methyl sites for hydroxylation is 2. The Morgan fingerprint density at radius 3 is 1.07 bits per heavy atom. The summed E-state index contributed by atoms with van der Waals surface area (Å²) in [6, 6.07) is 82.8. The number of para-hydroxylation sites is 1. The highest BCUT2D eigenvalue weighted by molar-refractivity contribution is 7.19. The van der Waals surface area contributed by atoms with E-state index in [0.717, 1.165) is 34.0 Å². The fraction of sp³-hybridized carbons (Fsp3) is 0.100. The monoisotopic (exact) mass is 920 g/mol. The zero-order valence-electron chi connectivity index (χ0n) is 38.8. The molecule has 9 aromatic carbocycles. The Labute approximate surface area is 424 Å². The highest BCUT2D eigenvalue weighted by atomic mass is 16.5. The van der Waals surface area contributed by atoms with Crippen LogP contribution in [0.25, 0.3) is 0 Å². The van der Waals surface area contributed by atoms with Gasteiger partial charge in [0, 0.05) is 0 Å². The van der Waals surface area contributed by atoms with Crippen LogP contribution in [0, 0.1) is 13.8 Å². The van der Waals surface area contributed by atoms with E-state index in [1.54, 1.807) is 33.9 Å². The standard InChI is InChI=1S/C24H20B.C8H9BO.3C7H10BO.C7H10B/c1-5-13-21(14-6-1)25(22-15-7-2-8-16-22,23-17-9-3-10-18-23)24-19-11-4-12-20-24;1-6-5-7(10-2)3-4-8(6)9;1-9-7-4-2-6(8)3-5-7;1-9-7-4-2-3-6(8)5-7;1-9-7-5-3-2-4-6(7)8;1-6-2-4-7(8)5-3-6/h1-20H;3-5H,1-2H3;3*2-5H,1,8H3;2-5H,1,8H3/q-1;;4*-1. The molecule has 0 aliphatic heterocycles. The summed E-state index contributed by atoms with van der Waals surface area (Å²) in [5.41, 5.74) is 14.6. The molecule has 356 valence electrons. The molecule has 2 radical (unpaired) electrons. The molecular weight excluding hydrogens is 850 g/mol. The zero-order chi connectivity index (χ0) is 50.6. The Morgan fingerprint density at radius 1 is 0.343 bits per heavy atom. The molecule has 9 rings (SSSR count). The van der Waals surface area contributed by atoms with Crippen LogP contribution in [0.1, 0.15) is 11.1 Å².